The third-order valence-corrected chi connectivity index (χ3v) is 2.47. The Bertz CT molecular complexity index is 547. The molecule has 0 saturated heterocycles. The number of hydrogen-bond acceptors (Lipinski definition) is 5. The molecule has 1 rings (SSSR count). The number of benzene rings is 1. The third kappa shape index (κ3) is 4.39. The Balaban J connectivity index is 2.60. The molecule has 0 fully saturated rings. The van der Waals surface area contributed by atoms with E-state index in [0.717, 1.165) is 17.5 Å². The highest BCUT2D eigenvalue weighted by atomic mass is 16.1. The van der Waals surface area contributed by atoms with Gasteiger partial charge < -0.3 is 5.41 Å². The molecule has 0 atom stereocenters. The number of carbonyl (C=O) groups is 2. The lowest BCUT2D eigenvalue weighted by atomic mass is 10.1. The molecule has 0 aliphatic rings. The fraction of sp³-hybridized carbons (Fsp3) is 0.214. The molecule has 1 aromatic carbocycles. The van der Waals surface area contributed by atoms with E-state index in [9.17, 15) is 9.59 Å². The Morgan fingerprint density at radius 2 is 1.84 bits per heavy atom. The number of ketones is 2. The van der Waals surface area contributed by atoms with Gasteiger partial charge in [0.25, 0.3) is 0 Å². The van der Waals surface area contributed by atoms with Crippen LogP contribution in [0.1, 0.15) is 18.4 Å². The van der Waals surface area contributed by atoms with Crippen LogP contribution in [0, 0.1) is 17.7 Å². The van der Waals surface area contributed by atoms with Gasteiger partial charge >= 0.3 is 0 Å². The van der Waals surface area contributed by atoms with Crippen molar-refractivity contribution in [2.45, 2.75) is 19.8 Å². The van der Waals surface area contributed by atoms with E-state index >= 15 is 0 Å². The number of rotatable bonds is 7. The minimum atomic E-state index is -0.635. The van der Waals surface area contributed by atoms with Gasteiger partial charge in [-0.25, -0.2) is 0 Å². The molecule has 0 heterocycles. The maximum atomic E-state index is 11.5. The molecule has 1 aromatic rings. The Kier molecular flexibility index (Phi) is 5.47. The molecular weight excluding hydrogens is 242 g/mol. The molecule has 0 aliphatic carbocycles. The van der Waals surface area contributed by atoms with Crippen molar-refractivity contribution in [1.29, 1.82) is 10.8 Å². The summed E-state index contributed by atoms with van der Waals surface area (Å²) in [6.45, 7) is 1.91. The van der Waals surface area contributed by atoms with Gasteiger partial charge in [-0.1, -0.05) is 18.2 Å². The molecule has 0 amide bonds. The van der Waals surface area contributed by atoms with Crippen molar-refractivity contribution in [3.63, 3.8) is 0 Å². The molecule has 5 heteroatoms. The summed E-state index contributed by atoms with van der Waals surface area (Å²) < 4.78 is 0. The van der Waals surface area contributed by atoms with Crippen molar-refractivity contribution in [1.82, 2.24) is 0 Å². The quantitative estimate of drug-likeness (QED) is 0.579. The van der Waals surface area contributed by atoms with Crippen LogP contribution in [-0.4, -0.2) is 29.7 Å². The summed E-state index contributed by atoms with van der Waals surface area (Å²) >= 11 is 0. The monoisotopic (exact) mass is 257 g/mol. The van der Waals surface area contributed by atoms with Gasteiger partial charge in [-0.3, -0.25) is 20.0 Å². The zero-order valence-corrected chi connectivity index (χ0v) is 10.6. The minimum absolute atomic E-state index is 0.0864. The van der Waals surface area contributed by atoms with Crippen LogP contribution >= 0.6 is 0 Å². The summed E-state index contributed by atoms with van der Waals surface area (Å²) in [5.74, 6) is -1.21. The van der Waals surface area contributed by atoms with Crippen LogP contribution in [0.4, 0.5) is 5.69 Å². The number of nitrogens with one attached hydrogen (secondary N) is 2. The molecule has 0 saturated carbocycles. The van der Waals surface area contributed by atoms with Gasteiger partial charge in [-0.2, -0.15) is 0 Å². The van der Waals surface area contributed by atoms with E-state index in [1.165, 1.54) is 6.21 Å². The van der Waals surface area contributed by atoms with Crippen molar-refractivity contribution in [2.75, 3.05) is 0 Å². The molecule has 98 valence electrons. The highest BCUT2D eigenvalue weighted by Crippen LogP contribution is 2.16. The first-order chi connectivity index (χ1) is 9.06. The number of Topliss-reactive ketones (excluding diaryl/α,β-unsaturated/α-hetero) is 2. The summed E-state index contributed by atoms with van der Waals surface area (Å²) in [6, 6.07) is 7.47. The Morgan fingerprint density at radius 3 is 2.47 bits per heavy atom. The van der Waals surface area contributed by atoms with Crippen molar-refractivity contribution < 1.29 is 9.59 Å². The summed E-state index contributed by atoms with van der Waals surface area (Å²) in [5, 5.41) is 14.1. The van der Waals surface area contributed by atoms with E-state index in [2.05, 4.69) is 4.99 Å². The van der Waals surface area contributed by atoms with Crippen LogP contribution < -0.4 is 0 Å². The Morgan fingerprint density at radius 1 is 1.21 bits per heavy atom. The summed E-state index contributed by atoms with van der Waals surface area (Å²) in [5.41, 5.74) is 1.17. The van der Waals surface area contributed by atoms with E-state index in [-0.39, 0.29) is 12.8 Å². The molecule has 0 aliphatic heterocycles. The van der Waals surface area contributed by atoms with E-state index in [0.29, 0.717) is 0 Å². The van der Waals surface area contributed by atoms with Crippen LogP contribution in [0.15, 0.2) is 29.3 Å². The zero-order chi connectivity index (χ0) is 14.3. The van der Waals surface area contributed by atoms with E-state index < -0.39 is 17.3 Å². The average Bonchev–Trinajstić information content (AvgIpc) is 2.40. The number of nitrogens with zero attached hydrogens (tertiary/aromatic N) is 1. The van der Waals surface area contributed by atoms with Gasteiger partial charge in [0.05, 0.1) is 5.69 Å². The minimum Gasteiger partial charge on any atom is -0.313 e. The smallest absolute Gasteiger partial charge is 0.189 e. The molecule has 0 spiro atoms. The van der Waals surface area contributed by atoms with Crippen LogP contribution in [0.25, 0.3) is 0 Å². The number of aryl methyl sites for hydroxylation is 1. The summed E-state index contributed by atoms with van der Waals surface area (Å²) in [7, 11) is 0. The number of hydrogen-bond donors (Lipinski definition) is 2. The van der Waals surface area contributed by atoms with Gasteiger partial charge in [0, 0.05) is 25.3 Å². The summed E-state index contributed by atoms with van der Waals surface area (Å²) in [6.07, 6.45) is 1.99. The Labute approximate surface area is 111 Å². The van der Waals surface area contributed by atoms with Crippen LogP contribution in [-0.2, 0) is 9.59 Å². The molecule has 0 radical (unpaired) electrons. The lowest BCUT2D eigenvalue weighted by molar-refractivity contribution is -0.115. The van der Waals surface area contributed by atoms with Gasteiger partial charge in [-0.05, 0) is 18.6 Å². The first-order valence-electron chi connectivity index (χ1n) is 5.78. The normalized spacial score (nSPS) is 10.4. The fourth-order valence-corrected chi connectivity index (χ4v) is 1.39. The number of para-hydroxylation sites is 1. The molecule has 0 bridgehead atoms. The first-order valence-corrected chi connectivity index (χ1v) is 5.78. The lowest BCUT2D eigenvalue weighted by Crippen LogP contribution is -2.23. The molecule has 19 heavy (non-hydrogen) atoms. The Hall–Kier alpha value is -2.43. The number of carbonyl (C=O) groups excluding carboxylic acids is 2. The van der Waals surface area contributed by atoms with Crippen molar-refractivity contribution >= 4 is 35.4 Å². The van der Waals surface area contributed by atoms with Gasteiger partial charge in [0.15, 0.2) is 11.6 Å². The molecule has 0 unspecified atom stereocenters. The van der Waals surface area contributed by atoms with Crippen molar-refractivity contribution in [3.05, 3.63) is 29.8 Å². The van der Waals surface area contributed by atoms with Crippen molar-refractivity contribution in [2.24, 2.45) is 4.99 Å². The fourth-order valence-electron chi connectivity index (χ4n) is 1.39. The number of aliphatic imine (C=N–C) groups is 1. The zero-order valence-electron chi connectivity index (χ0n) is 10.6. The predicted molar refractivity (Wildman–Crippen MR) is 75.1 cm³/mol. The van der Waals surface area contributed by atoms with Crippen LogP contribution in [0.3, 0.4) is 0 Å². The topological polar surface area (TPSA) is 94.2 Å². The summed E-state index contributed by atoms with van der Waals surface area (Å²) in [4.78, 5) is 26.9. The van der Waals surface area contributed by atoms with Gasteiger partial charge in [-0.15, -0.1) is 0 Å². The largest absolute Gasteiger partial charge is 0.313 e. The van der Waals surface area contributed by atoms with E-state index in [4.69, 9.17) is 10.8 Å². The molecule has 2 N–H and O–H groups in total. The van der Waals surface area contributed by atoms with Crippen LogP contribution in [0.5, 0.6) is 0 Å². The van der Waals surface area contributed by atoms with E-state index in [1.807, 2.05) is 31.2 Å². The van der Waals surface area contributed by atoms with E-state index in [1.54, 1.807) is 0 Å². The average molecular weight is 257 g/mol. The SMILES string of the molecule is Cc1ccccc1N=CCC(=O)C(=N)C(=O)CC=N. The lowest BCUT2D eigenvalue weighted by Gasteiger charge is -1.99. The first kappa shape index (κ1) is 14.6. The third-order valence-electron chi connectivity index (χ3n) is 2.47. The van der Waals surface area contributed by atoms with Crippen molar-refractivity contribution in [3.8, 4) is 0 Å². The molecule has 5 nitrogen and oxygen atoms in total. The maximum absolute atomic E-state index is 11.5. The van der Waals surface area contributed by atoms with Gasteiger partial charge in [0.1, 0.15) is 5.71 Å². The standard InChI is InChI=1S/C14H15N3O2/c1-10-4-2-3-5-11(10)17-9-7-13(19)14(16)12(18)6-8-15/h2-5,8-9,15-16H,6-7H2,1H3. The van der Waals surface area contributed by atoms with Crippen LogP contribution in [0.2, 0.25) is 0 Å². The maximum Gasteiger partial charge on any atom is 0.189 e. The second-order valence-corrected chi connectivity index (χ2v) is 3.93. The second-order valence-electron chi connectivity index (χ2n) is 3.93. The second kappa shape index (κ2) is 7.10. The van der Waals surface area contributed by atoms with Gasteiger partial charge in [0.2, 0.25) is 0 Å². The molecule has 0 aromatic heterocycles. The highest BCUT2D eigenvalue weighted by Gasteiger charge is 2.15. The highest BCUT2D eigenvalue weighted by molar-refractivity contribution is 6.66. The predicted octanol–water partition coefficient (Wildman–Crippen LogP) is 2.29. The molecular formula is C14H15N3O2.